The summed E-state index contributed by atoms with van der Waals surface area (Å²) in [6.07, 6.45) is 0. The quantitative estimate of drug-likeness (QED) is 0.723. The first-order chi connectivity index (χ1) is 5.15. The number of methoxy groups -OCH3 is 1. The van der Waals surface area contributed by atoms with Gasteiger partial charge in [0.25, 0.3) is 0 Å². The number of hydrogen-bond acceptors (Lipinski definition) is 3. The van der Waals surface area contributed by atoms with E-state index in [4.69, 9.17) is 0 Å². The Bertz CT molecular complexity index is 263. The summed E-state index contributed by atoms with van der Waals surface area (Å²) in [5.41, 5.74) is 0.811. The summed E-state index contributed by atoms with van der Waals surface area (Å²) < 4.78 is 5.09. The number of nitrogens with one attached hydrogen (secondary N) is 1. The highest BCUT2D eigenvalue weighted by molar-refractivity contribution is 9.10. The Morgan fingerprint density at radius 2 is 2.36 bits per heavy atom. The van der Waals surface area contributed by atoms with Crippen molar-refractivity contribution in [2.75, 3.05) is 7.11 Å². The molecule has 0 aliphatic rings. The average Bonchev–Trinajstić information content (AvgIpc) is 2.31. The van der Waals surface area contributed by atoms with Gasteiger partial charge in [-0.1, -0.05) is 0 Å². The second-order valence-electron chi connectivity index (χ2n) is 1.99. The Kier molecular flexibility index (Phi) is 2.28. The van der Waals surface area contributed by atoms with Gasteiger partial charge in [-0.05, 0) is 22.9 Å². The average molecular weight is 219 g/mol. The molecule has 1 heterocycles. The lowest BCUT2D eigenvalue weighted by Crippen LogP contribution is -2.03. The number of imidazole rings is 1. The van der Waals surface area contributed by atoms with E-state index in [2.05, 4.69) is 30.6 Å². The number of ether oxygens (including phenoxy) is 1. The van der Waals surface area contributed by atoms with Crippen molar-refractivity contribution >= 4 is 21.9 Å². The van der Waals surface area contributed by atoms with Crippen LogP contribution < -0.4 is 0 Å². The zero-order chi connectivity index (χ0) is 8.43. The van der Waals surface area contributed by atoms with Crippen LogP contribution >= 0.6 is 15.9 Å². The third-order valence-electron chi connectivity index (χ3n) is 1.20. The van der Waals surface area contributed by atoms with Gasteiger partial charge in [0.2, 0.25) is 5.82 Å². The molecule has 0 atom stereocenters. The number of hydrogen-bond donors (Lipinski definition) is 1. The minimum atomic E-state index is -0.459. The van der Waals surface area contributed by atoms with Crippen LogP contribution in [0.1, 0.15) is 16.3 Å². The molecule has 1 N–H and O–H groups in total. The number of carbonyl (C=O) groups is 1. The lowest BCUT2D eigenvalue weighted by Gasteiger charge is -1.90. The molecule has 1 rings (SSSR count). The second kappa shape index (κ2) is 3.04. The number of esters is 1. The highest BCUT2D eigenvalue weighted by Crippen LogP contribution is 2.11. The lowest BCUT2D eigenvalue weighted by molar-refractivity contribution is 0.0588. The first-order valence-corrected chi connectivity index (χ1v) is 3.75. The monoisotopic (exact) mass is 218 g/mol. The summed E-state index contributed by atoms with van der Waals surface area (Å²) in [5.74, 6) is -0.240. The standard InChI is InChI=1S/C6H7BrN2O2/c1-3-4(7)9-5(8-3)6(10)11-2/h1-2H3,(H,8,9). The van der Waals surface area contributed by atoms with Crippen LogP contribution in [0.4, 0.5) is 0 Å². The van der Waals surface area contributed by atoms with Crippen molar-refractivity contribution in [1.29, 1.82) is 0 Å². The Labute approximate surface area is 72.1 Å². The molecule has 5 heteroatoms. The van der Waals surface area contributed by atoms with Gasteiger partial charge in [0.15, 0.2) is 0 Å². The smallest absolute Gasteiger partial charge is 0.374 e. The maximum Gasteiger partial charge on any atom is 0.374 e. The topological polar surface area (TPSA) is 55.0 Å². The van der Waals surface area contributed by atoms with Crippen LogP contribution in [0.15, 0.2) is 4.60 Å². The molecule has 0 aliphatic heterocycles. The van der Waals surface area contributed by atoms with Gasteiger partial charge >= 0.3 is 5.97 Å². The van der Waals surface area contributed by atoms with E-state index in [9.17, 15) is 4.79 Å². The zero-order valence-electron chi connectivity index (χ0n) is 6.14. The summed E-state index contributed by atoms with van der Waals surface area (Å²) >= 11 is 3.16. The minimum Gasteiger partial charge on any atom is -0.463 e. The summed E-state index contributed by atoms with van der Waals surface area (Å²) in [6.45, 7) is 1.81. The molecule has 1 aromatic rings. The van der Waals surface area contributed by atoms with Crippen LogP contribution in [0.3, 0.4) is 0 Å². The Balaban J connectivity index is 2.97. The van der Waals surface area contributed by atoms with Crippen molar-refractivity contribution in [3.63, 3.8) is 0 Å². The van der Waals surface area contributed by atoms with Gasteiger partial charge in [0.05, 0.1) is 7.11 Å². The predicted molar refractivity (Wildman–Crippen MR) is 42.4 cm³/mol. The molecule has 0 spiro atoms. The van der Waals surface area contributed by atoms with E-state index in [1.165, 1.54) is 7.11 Å². The Morgan fingerprint density at radius 3 is 2.73 bits per heavy atom. The van der Waals surface area contributed by atoms with Gasteiger partial charge in [0.1, 0.15) is 4.60 Å². The van der Waals surface area contributed by atoms with E-state index < -0.39 is 5.97 Å². The van der Waals surface area contributed by atoms with E-state index in [1.54, 1.807) is 0 Å². The van der Waals surface area contributed by atoms with E-state index in [1.807, 2.05) is 6.92 Å². The lowest BCUT2D eigenvalue weighted by atomic mass is 10.6. The molecule has 11 heavy (non-hydrogen) atoms. The van der Waals surface area contributed by atoms with Crippen molar-refractivity contribution in [3.05, 3.63) is 16.1 Å². The van der Waals surface area contributed by atoms with Gasteiger partial charge in [-0.3, -0.25) is 0 Å². The molecule has 0 saturated carbocycles. The normalized spacial score (nSPS) is 9.73. The fourth-order valence-electron chi connectivity index (χ4n) is 0.632. The van der Waals surface area contributed by atoms with E-state index in [-0.39, 0.29) is 5.82 Å². The SMILES string of the molecule is COC(=O)c1nc(Br)c(C)[nH]1. The molecule has 60 valence electrons. The summed E-state index contributed by atoms with van der Waals surface area (Å²) in [5, 5.41) is 0. The first-order valence-electron chi connectivity index (χ1n) is 2.95. The molecule has 0 radical (unpaired) electrons. The van der Waals surface area contributed by atoms with Gasteiger partial charge in [0, 0.05) is 5.69 Å². The Hall–Kier alpha value is -0.840. The molecule has 0 amide bonds. The molecule has 0 bridgehead atoms. The van der Waals surface area contributed by atoms with Crippen LogP contribution in [0.2, 0.25) is 0 Å². The van der Waals surface area contributed by atoms with E-state index in [0.29, 0.717) is 4.60 Å². The minimum absolute atomic E-state index is 0.219. The second-order valence-corrected chi connectivity index (χ2v) is 2.74. The van der Waals surface area contributed by atoms with Crippen molar-refractivity contribution in [3.8, 4) is 0 Å². The summed E-state index contributed by atoms with van der Waals surface area (Å²) in [6, 6.07) is 0. The number of halogens is 1. The number of aryl methyl sites for hydroxylation is 1. The van der Waals surface area contributed by atoms with Gasteiger partial charge in [-0.25, -0.2) is 9.78 Å². The van der Waals surface area contributed by atoms with Crippen molar-refractivity contribution in [2.45, 2.75) is 6.92 Å². The number of carbonyl (C=O) groups excluding carboxylic acids is 1. The van der Waals surface area contributed by atoms with Gasteiger partial charge in [-0.2, -0.15) is 0 Å². The molecule has 0 unspecified atom stereocenters. The maximum atomic E-state index is 10.8. The van der Waals surface area contributed by atoms with E-state index in [0.717, 1.165) is 5.69 Å². The molecular weight excluding hydrogens is 212 g/mol. The van der Waals surface area contributed by atoms with Gasteiger partial charge in [-0.15, -0.1) is 0 Å². The molecule has 0 aromatic carbocycles. The van der Waals surface area contributed by atoms with Crippen LogP contribution in [0.25, 0.3) is 0 Å². The summed E-state index contributed by atoms with van der Waals surface area (Å²) in [4.78, 5) is 17.5. The molecule has 1 aromatic heterocycles. The van der Waals surface area contributed by atoms with E-state index >= 15 is 0 Å². The highest BCUT2D eigenvalue weighted by atomic mass is 79.9. The van der Waals surface area contributed by atoms with Gasteiger partial charge < -0.3 is 9.72 Å². The fourth-order valence-corrected chi connectivity index (χ4v) is 0.909. The largest absolute Gasteiger partial charge is 0.463 e. The zero-order valence-corrected chi connectivity index (χ0v) is 7.73. The first kappa shape index (κ1) is 8.26. The van der Waals surface area contributed by atoms with Crippen LogP contribution in [-0.2, 0) is 4.74 Å². The third kappa shape index (κ3) is 1.59. The molecule has 0 saturated heterocycles. The Morgan fingerprint density at radius 1 is 1.73 bits per heavy atom. The number of aromatic amines is 1. The number of rotatable bonds is 1. The molecule has 4 nitrogen and oxygen atoms in total. The third-order valence-corrected chi connectivity index (χ3v) is 1.98. The molecule has 0 aliphatic carbocycles. The predicted octanol–water partition coefficient (Wildman–Crippen LogP) is 1.27. The summed E-state index contributed by atoms with van der Waals surface area (Å²) in [7, 11) is 1.31. The number of H-pyrrole nitrogens is 1. The maximum absolute atomic E-state index is 10.8. The number of nitrogens with zero attached hydrogens (tertiary/aromatic N) is 1. The van der Waals surface area contributed by atoms with Crippen LogP contribution in [0, 0.1) is 6.92 Å². The van der Waals surface area contributed by atoms with Crippen LogP contribution in [0.5, 0.6) is 0 Å². The molecule has 0 fully saturated rings. The van der Waals surface area contributed by atoms with Crippen molar-refractivity contribution < 1.29 is 9.53 Å². The highest BCUT2D eigenvalue weighted by Gasteiger charge is 2.11. The van der Waals surface area contributed by atoms with Crippen LogP contribution in [-0.4, -0.2) is 23.0 Å². The number of aromatic nitrogens is 2. The molecular formula is C6H7BrN2O2. The van der Waals surface area contributed by atoms with Crippen molar-refractivity contribution in [2.24, 2.45) is 0 Å². The fraction of sp³-hybridized carbons (Fsp3) is 0.333. The van der Waals surface area contributed by atoms with Crippen molar-refractivity contribution in [1.82, 2.24) is 9.97 Å².